The van der Waals surface area contributed by atoms with Crippen LogP contribution in [0.2, 0.25) is 0 Å². The second kappa shape index (κ2) is 9.93. The van der Waals surface area contributed by atoms with Crippen molar-refractivity contribution in [2.45, 2.75) is 96.2 Å². The molecular weight excluding hydrogens is 298 g/mol. The fourth-order valence-corrected chi connectivity index (χ4v) is 3.85. The van der Waals surface area contributed by atoms with Gasteiger partial charge in [0.1, 0.15) is 0 Å². The van der Waals surface area contributed by atoms with Crippen LogP contribution in [0.15, 0.2) is 0 Å². The van der Waals surface area contributed by atoms with E-state index in [0.717, 1.165) is 18.8 Å². The number of rotatable bonds is 8. The van der Waals surface area contributed by atoms with E-state index in [1.807, 2.05) is 0 Å². The summed E-state index contributed by atoms with van der Waals surface area (Å²) in [6.45, 7) is 5.43. The van der Waals surface area contributed by atoms with E-state index in [9.17, 15) is 8.78 Å². The van der Waals surface area contributed by atoms with Crippen molar-refractivity contribution in [1.29, 1.82) is 0 Å². The van der Waals surface area contributed by atoms with Crippen LogP contribution in [0.25, 0.3) is 0 Å². The average molecular weight is 332 g/mol. The van der Waals surface area contributed by atoms with Gasteiger partial charge in [-0.05, 0) is 43.9 Å². The lowest BCUT2D eigenvalue weighted by Gasteiger charge is -2.36. The zero-order chi connectivity index (χ0) is 16.7. The number of ether oxygens (including phenoxy) is 2. The minimum Gasteiger partial charge on any atom is -0.375 e. The lowest BCUT2D eigenvalue weighted by atomic mass is 9.81. The molecule has 4 unspecified atom stereocenters. The van der Waals surface area contributed by atoms with Crippen LogP contribution >= 0.6 is 0 Å². The van der Waals surface area contributed by atoms with Crippen molar-refractivity contribution in [2.24, 2.45) is 11.8 Å². The summed E-state index contributed by atoms with van der Waals surface area (Å²) in [5.41, 5.74) is 0. The van der Waals surface area contributed by atoms with E-state index in [-0.39, 0.29) is 0 Å². The summed E-state index contributed by atoms with van der Waals surface area (Å²) in [6.07, 6.45) is 4.91. The zero-order valence-electron chi connectivity index (χ0n) is 14.8. The Kier molecular flexibility index (Phi) is 8.25. The molecule has 0 aromatic rings. The number of halogens is 2. The summed E-state index contributed by atoms with van der Waals surface area (Å²) in [7, 11) is 0. The van der Waals surface area contributed by atoms with Crippen LogP contribution < -0.4 is 0 Å². The molecule has 0 radical (unpaired) electrons. The summed E-state index contributed by atoms with van der Waals surface area (Å²) >= 11 is 0. The minimum atomic E-state index is -1.54. The van der Waals surface area contributed by atoms with Gasteiger partial charge in [-0.15, -0.1) is 0 Å². The number of hydrogen-bond donors (Lipinski definition) is 0. The maximum Gasteiger partial charge on any atom is 0.160 e. The third-order valence-electron chi connectivity index (χ3n) is 5.67. The molecule has 2 rings (SSSR count). The first-order valence-corrected chi connectivity index (χ1v) is 9.67. The fraction of sp³-hybridized carbons (Fsp3) is 1.00. The van der Waals surface area contributed by atoms with Crippen molar-refractivity contribution in [1.82, 2.24) is 0 Å². The van der Waals surface area contributed by atoms with Gasteiger partial charge in [-0.25, -0.2) is 8.78 Å². The molecule has 0 amide bonds. The van der Waals surface area contributed by atoms with Crippen molar-refractivity contribution in [3.05, 3.63) is 0 Å². The molecule has 4 atom stereocenters. The standard InChI is InChI=1S/C19H34F2O2/c1-3-5-12-22-16-10-11-17(19(21)18(16)20)23-13-15-8-6-14(4-2)7-9-15/h14-19H,3-13H2,1-2H3. The molecule has 0 aliphatic heterocycles. The zero-order valence-corrected chi connectivity index (χ0v) is 14.8. The predicted molar refractivity (Wildman–Crippen MR) is 89.2 cm³/mol. The fourth-order valence-electron chi connectivity index (χ4n) is 3.85. The Hall–Kier alpha value is -0.220. The Labute approximate surface area is 140 Å². The van der Waals surface area contributed by atoms with E-state index in [0.29, 0.717) is 32.0 Å². The molecule has 0 heterocycles. The maximum absolute atomic E-state index is 14.3. The number of unbranched alkanes of at least 4 members (excludes halogenated alkanes) is 1. The van der Waals surface area contributed by atoms with Crippen molar-refractivity contribution >= 4 is 0 Å². The van der Waals surface area contributed by atoms with Crippen LogP contribution in [-0.2, 0) is 9.47 Å². The third-order valence-corrected chi connectivity index (χ3v) is 5.67. The van der Waals surface area contributed by atoms with E-state index >= 15 is 0 Å². The second-order valence-electron chi connectivity index (χ2n) is 7.40. The molecule has 2 fully saturated rings. The van der Waals surface area contributed by atoms with Crippen LogP contribution in [-0.4, -0.2) is 37.8 Å². The molecule has 0 N–H and O–H groups in total. The van der Waals surface area contributed by atoms with E-state index in [1.54, 1.807) is 0 Å². The minimum absolute atomic E-state index is 0.528. The molecule has 0 saturated heterocycles. The molecule has 2 aliphatic carbocycles. The van der Waals surface area contributed by atoms with E-state index in [1.165, 1.54) is 32.1 Å². The number of alkyl halides is 2. The molecule has 0 spiro atoms. The first-order valence-electron chi connectivity index (χ1n) is 9.67. The average Bonchev–Trinajstić information content (AvgIpc) is 2.58. The quantitative estimate of drug-likeness (QED) is 0.566. The highest BCUT2D eigenvalue weighted by Crippen LogP contribution is 2.33. The highest BCUT2D eigenvalue weighted by Gasteiger charge is 2.41. The van der Waals surface area contributed by atoms with E-state index in [2.05, 4.69) is 13.8 Å². The summed E-state index contributed by atoms with van der Waals surface area (Å²) in [5, 5.41) is 0. The highest BCUT2D eigenvalue weighted by atomic mass is 19.2. The summed E-state index contributed by atoms with van der Waals surface area (Å²) in [6, 6.07) is 0. The topological polar surface area (TPSA) is 18.5 Å². The molecule has 4 heteroatoms. The molecule has 2 saturated carbocycles. The van der Waals surface area contributed by atoms with Crippen molar-refractivity contribution in [2.75, 3.05) is 13.2 Å². The first-order chi connectivity index (χ1) is 11.2. The van der Waals surface area contributed by atoms with Gasteiger partial charge in [0.2, 0.25) is 0 Å². The van der Waals surface area contributed by atoms with Crippen molar-refractivity contribution in [3.8, 4) is 0 Å². The van der Waals surface area contributed by atoms with Crippen LogP contribution in [0.5, 0.6) is 0 Å². The number of hydrogen-bond acceptors (Lipinski definition) is 2. The predicted octanol–water partition coefficient (Wildman–Crippen LogP) is 5.24. The Morgan fingerprint density at radius 2 is 1.35 bits per heavy atom. The van der Waals surface area contributed by atoms with Crippen LogP contribution in [0.3, 0.4) is 0 Å². The third kappa shape index (κ3) is 5.67. The second-order valence-corrected chi connectivity index (χ2v) is 7.40. The molecule has 0 bridgehead atoms. The highest BCUT2D eigenvalue weighted by molar-refractivity contribution is 4.90. The van der Waals surface area contributed by atoms with Crippen LogP contribution in [0.1, 0.15) is 71.6 Å². The van der Waals surface area contributed by atoms with Gasteiger partial charge in [0.05, 0.1) is 12.2 Å². The van der Waals surface area contributed by atoms with Gasteiger partial charge >= 0.3 is 0 Å². The molecule has 0 aromatic heterocycles. The van der Waals surface area contributed by atoms with Gasteiger partial charge in [0.15, 0.2) is 12.3 Å². The molecule has 2 nitrogen and oxygen atoms in total. The molecule has 136 valence electrons. The molecular formula is C19H34F2O2. The van der Waals surface area contributed by atoms with E-state index in [4.69, 9.17) is 9.47 Å². The van der Waals surface area contributed by atoms with Crippen molar-refractivity contribution < 1.29 is 18.3 Å². The largest absolute Gasteiger partial charge is 0.375 e. The summed E-state index contributed by atoms with van der Waals surface area (Å²) in [4.78, 5) is 0. The Balaban J connectivity index is 1.69. The SMILES string of the molecule is CCCCOC1CCC(OCC2CCC(CC)CC2)C(F)C1F. The lowest BCUT2D eigenvalue weighted by Crippen LogP contribution is -2.47. The maximum atomic E-state index is 14.3. The normalized spacial score (nSPS) is 38.6. The summed E-state index contributed by atoms with van der Waals surface area (Å²) < 4.78 is 39.8. The van der Waals surface area contributed by atoms with Gasteiger partial charge in [-0.2, -0.15) is 0 Å². The first kappa shape index (κ1) is 19.1. The van der Waals surface area contributed by atoms with Gasteiger partial charge in [0.25, 0.3) is 0 Å². The van der Waals surface area contributed by atoms with Gasteiger partial charge in [-0.3, -0.25) is 0 Å². The van der Waals surface area contributed by atoms with Crippen LogP contribution in [0, 0.1) is 11.8 Å². The monoisotopic (exact) mass is 332 g/mol. The molecule has 2 aliphatic rings. The Bertz CT molecular complexity index is 318. The van der Waals surface area contributed by atoms with E-state index < -0.39 is 24.6 Å². The van der Waals surface area contributed by atoms with Gasteiger partial charge in [-0.1, -0.05) is 39.5 Å². The van der Waals surface area contributed by atoms with Crippen molar-refractivity contribution in [3.63, 3.8) is 0 Å². The smallest absolute Gasteiger partial charge is 0.160 e. The molecule has 0 aromatic carbocycles. The van der Waals surface area contributed by atoms with Crippen LogP contribution in [0.4, 0.5) is 8.78 Å². The Morgan fingerprint density at radius 1 is 0.783 bits per heavy atom. The summed E-state index contributed by atoms with van der Waals surface area (Å²) in [5.74, 6) is 1.38. The van der Waals surface area contributed by atoms with Gasteiger partial charge in [0, 0.05) is 13.2 Å². The lowest BCUT2D eigenvalue weighted by molar-refractivity contribution is -0.123. The Morgan fingerprint density at radius 3 is 1.91 bits per heavy atom. The van der Waals surface area contributed by atoms with Gasteiger partial charge < -0.3 is 9.47 Å². The molecule has 23 heavy (non-hydrogen) atoms.